The van der Waals surface area contributed by atoms with Gasteiger partial charge in [-0.15, -0.1) is 12.4 Å². The summed E-state index contributed by atoms with van der Waals surface area (Å²) in [5.74, 6) is 1.72. The number of nitrogens with one attached hydrogen (secondary N) is 1. The zero-order chi connectivity index (χ0) is 14.8. The Kier molecular flexibility index (Phi) is 5.70. The fourth-order valence-electron chi connectivity index (χ4n) is 3.21. The molecule has 2 aliphatic rings. The minimum absolute atomic E-state index is 0. The molecule has 0 radical (unpaired) electrons. The van der Waals surface area contributed by atoms with Crippen LogP contribution in [0.4, 0.5) is 5.69 Å². The average molecular weight is 325 g/mol. The minimum Gasteiger partial charge on any atom is -0.487 e. The first-order valence-corrected chi connectivity index (χ1v) is 7.92. The molecule has 0 bridgehead atoms. The largest absolute Gasteiger partial charge is 0.487 e. The van der Waals surface area contributed by atoms with Gasteiger partial charge in [-0.05, 0) is 63.4 Å². The number of carbonyl (C=O) groups is 1. The molecule has 1 aromatic carbocycles. The maximum Gasteiger partial charge on any atom is 0.227 e. The Morgan fingerprint density at radius 3 is 3.00 bits per heavy atom. The molecular formula is C17H25ClN2O2. The van der Waals surface area contributed by atoms with Crippen molar-refractivity contribution >= 4 is 24.0 Å². The summed E-state index contributed by atoms with van der Waals surface area (Å²) in [6.07, 6.45) is 2.87. The fraction of sp³-hybridized carbons (Fsp3) is 0.588. The van der Waals surface area contributed by atoms with Crippen molar-refractivity contribution in [3.05, 3.63) is 23.8 Å². The molecule has 122 valence electrons. The highest BCUT2D eigenvalue weighted by Gasteiger charge is 2.28. The Hall–Kier alpha value is -1.26. The molecule has 1 saturated heterocycles. The van der Waals surface area contributed by atoms with E-state index in [0.29, 0.717) is 18.9 Å². The van der Waals surface area contributed by atoms with E-state index in [4.69, 9.17) is 4.74 Å². The second-order valence-corrected chi connectivity index (χ2v) is 6.30. The van der Waals surface area contributed by atoms with E-state index in [1.165, 1.54) is 6.42 Å². The van der Waals surface area contributed by atoms with Gasteiger partial charge in [0.1, 0.15) is 11.9 Å². The SMILES string of the molecule is Cc1ccc2c(c1)OC(C)CN2C(=O)CCC1CCNC1.Cl. The fourth-order valence-corrected chi connectivity index (χ4v) is 3.21. The zero-order valence-electron chi connectivity index (χ0n) is 13.3. The average Bonchev–Trinajstić information content (AvgIpc) is 2.96. The second kappa shape index (κ2) is 7.34. The van der Waals surface area contributed by atoms with Crippen LogP contribution < -0.4 is 15.0 Å². The molecule has 2 aliphatic heterocycles. The maximum atomic E-state index is 12.6. The molecule has 3 rings (SSSR count). The van der Waals surface area contributed by atoms with Crippen molar-refractivity contribution in [2.24, 2.45) is 5.92 Å². The molecule has 0 aromatic heterocycles. The van der Waals surface area contributed by atoms with Crippen LogP contribution in [0.25, 0.3) is 0 Å². The van der Waals surface area contributed by atoms with Gasteiger partial charge in [0.2, 0.25) is 5.91 Å². The maximum absolute atomic E-state index is 12.6. The molecule has 1 fully saturated rings. The highest BCUT2D eigenvalue weighted by atomic mass is 35.5. The lowest BCUT2D eigenvalue weighted by Crippen LogP contribution is -2.42. The van der Waals surface area contributed by atoms with Gasteiger partial charge in [0.25, 0.3) is 0 Å². The van der Waals surface area contributed by atoms with Crippen LogP contribution in [-0.4, -0.2) is 31.6 Å². The van der Waals surface area contributed by atoms with Gasteiger partial charge in [-0.2, -0.15) is 0 Å². The lowest BCUT2D eigenvalue weighted by atomic mass is 10.0. The van der Waals surface area contributed by atoms with Crippen LogP contribution in [-0.2, 0) is 4.79 Å². The monoisotopic (exact) mass is 324 g/mol. The van der Waals surface area contributed by atoms with Crippen LogP contribution in [0, 0.1) is 12.8 Å². The molecule has 2 heterocycles. The molecule has 4 nitrogen and oxygen atoms in total. The molecule has 0 spiro atoms. The van der Waals surface area contributed by atoms with Crippen molar-refractivity contribution in [2.75, 3.05) is 24.5 Å². The summed E-state index contributed by atoms with van der Waals surface area (Å²) in [5, 5.41) is 3.36. The van der Waals surface area contributed by atoms with Gasteiger partial charge in [-0.1, -0.05) is 6.07 Å². The van der Waals surface area contributed by atoms with Crippen molar-refractivity contribution in [3.8, 4) is 5.75 Å². The number of hydrogen-bond acceptors (Lipinski definition) is 3. The quantitative estimate of drug-likeness (QED) is 0.929. The minimum atomic E-state index is 0. The third kappa shape index (κ3) is 3.73. The Labute approximate surface area is 138 Å². The number of rotatable bonds is 3. The summed E-state index contributed by atoms with van der Waals surface area (Å²) >= 11 is 0. The van der Waals surface area contributed by atoms with Crippen molar-refractivity contribution in [1.82, 2.24) is 5.32 Å². The summed E-state index contributed by atoms with van der Waals surface area (Å²) in [4.78, 5) is 14.5. The number of nitrogens with zero attached hydrogens (tertiary/aromatic N) is 1. The van der Waals surface area contributed by atoms with Crippen LogP contribution in [0.1, 0.15) is 31.7 Å². The van der Waals surface area contributed by atoms with E-state index in [1.54, 1.807) is 0 Å². The number of anilines is 1. The standard InChI is InChI=1S/C17H24N2O2.ClH/c1-12-3-5-15-16(9-12)21-13(2)11-19(15)17(20)6-4-14-7-8-18-10-14;/h3,5,9,13-14,18H,4,6-8,10-11H2,1-2H3;1H. The Balaban J connectivity index is 0.00000176. The van der Waals surface area contributed by atoms with Crippen molar-refractivity contribution in [3.63, 3.8) is 0 Å². The third-order valence-corrected chi connectivity index (χ3v) is 4.40. The topological polar surface area (TPSA) is 41.6 Å². The van der Waals surface area contributed by atoms with Gasteiger partial charge in [0, 0.05) is 6.42 Å². The van der Waals surface area contributed by atoms with E-state index < -0.39 is 0 Å². The molecule has 1 N–H and O–H groups in total. The van der Waals surface area contributed by atoms with E-state index in [0.717, 1.165) is 36.5 Å². The summed E-state index contributed by atoms with van der Waals surface area (Å²) in [5.41, 5.74) is 2.08. The van der Waals surface area contributed by atoms with E-state index in [1.807, 2.05) is 36.9 Å². The second-order valence-electron chi connectivity index (χ2n) is 6.30. The lowest BCUT2D eigenvalue weighted by molar-refractivity contribution is -0.119. The highest BCUT2D eigenvalue weighted by molar-refractivity contribution is 5.95. The van der Waals surface area contributed by atoms with Crippen LogP contribution >= 0.6 is 12.4 Å². The van der Waals surface area contributed by atoms with Crippen molar-refractivity contribution < 1.29 is 9.53 Å². The van der Waals surface area contributed by atoms with Crippen molar-refractivity contribution in [2.45, 2.75) is 39.2 Å². The van der Waals surface area contributed by atoms with Gasteiger partial charge in [0.05, 0.1) is 12.2 Å². The molecule has 2 atom stereocenters. The van der Waals surface area contributed by atoms with Crippen LogP contribution in [0.2, 0.25) is 0 Å². The van der Waals surface area contributed by atoms with Gasteiger partial charge in [-0.25, -0.2) is 0 Å². The number of fused-ring (bicyclic) bond motifs is 1. The van der Waals surface area contributed by atoms with Gasteiger partial charge < -0.3 is 15.0 Å². The summed E-state index contributed by atoms with van der Waals surface area (Å²) in [6, 6.07) is 6.07. The summed E-state index contributed by atoms with van der Waals surface area (Å²) in [7, 11) is 0. The first kappa shape index (κ1) is 17.1. The number of amides is 1. The van der Waals surface area contributed by atoms with Crippen LogP contribution in [0.5, 0.6) is 5.75 Å². The molecule has 0 aliphatic carbocycles. The van der Waals surface area contributed by atoms with Crippen molar-refractivity contribution in [1.29, 1.82) is 0 Å². The molecule has 2 unspecified atom stereocenters. The van der Waals surface area contributed by atoms with Gasteiger partial charge >= 0.3 is 0 Å². The molecular weight excluding hydrogens is 300 g/mol. The number of carbonyl (C=O) groups excluding carboxylic acids is 1. The van der Waals surface area contributed by atoms with E-state index >= 15 is 0 Å². The van der Waals surface area contributed by atoms with Gasteiger partial charge in [0.15, 0.2) is 0 Å². The number of hydrogen-bond donors (Lipinski definition) is 1. The molecule has 22 heavy (non-hydrogen) atoms. The number of benzene rings is 1. The van der Waals surface area contributed by atoms with Gasteiger partial charge in [-0.3, -0.25) is 4.79 Å². The number of halogens is 1. The Bertz CT molecular complexity index is 529. The van der Waals surface area contributed by atoms with E-state index in [9.17, 15) is 4.79 Å². The third-order valence-electron chi connectivity index (χ3n) is 4.40. The molecule has 0 saturated carbocycles. The molecule has 5 heteroatoms. The molecule has 1 aromatic rings. The first-order valence-electron chi connectivity index (χ1n) is 7.92. The predicted molar refractivity (Wildman–Crippen MR) is 91.1 cm³/mol. The van der Waals surface area contributed by atoms with E-state index in [2.05, 4.69) is 5.32 Å². The Morgan fingerprint density at radius 2 is 2.27 bits per heavy atom. The highest BCUT2D eigenvalue weighted by Crippen LogP contribution is 2.34. The number of aryl methyl sites for hydroxylation is 1. The Morgan fingerprint density at radius 1 is 1.45 bits per heavy atom. The smallest absolute Gasteiger partial charge is 0.227 e. The van der Waals surface area contributed by atoms with E-state index in [-0.39, 0.29) is 24.4 Å². The predicted octanol–water partition coefficient (Wildman–Crippen LogP) is 2.92. The first-order chi connectivity index (χ1) is 10.1. The normalized spacial score (nSPS) is 23.5. The zero-order valence-corrected chi connectivity index (χ0v) is 14.1. The lowest BCUT2D eigenvalue weighted by Gasteiger charge is -2.34. The summed E-state index contributed by atoms with van der Waals surface area (Å²) in [6.45, 7) is 6.87. The summed E-state index contributed by atoms with van der Waals surface area (Å²) < 4.78 is 5.87. The molecule has 1 amide bonds. The van der Waals surface area contributed by atoms with Crippen LogP contribution in [0.15, 0.2) is 18.2 Å². The number of ether oxygens (including phenoxy) is 1. The van der Waals surface area contributed by atoms with Crippen LogP contribution in [0.3, 0.4) is 0 Å².